The molecule has 1 aliphatic heterocycles. The third-order valence-electron chi connectivity index (χ3n) is 5.48. The summed E-state index contributed by atoms with van der Waals surface area (Å²) in [5.74, 6) is 0.386. The number of aromatic nitrogens is 3. The highest BCUT2D eigenvalue weighted by molar-refractivity contribution is 7.89. The Kier molecular flexibility index (Phi) is 6.15. The Morgan fingerprint density at radius 3 is 2.59 bits per heavy atom. The Hall–Kier alpha value is -2.63. The summed E-state index contributed by atoms with van der Waals surface area (Å²) in [5, 5.41) is 2.66. The molecule has 1 aliphatic rings. The molecule has 1 fully saturated rings. The summed E-state index contributed by atoms with van der Waals surface area (Å²) in [4.78, 5) is 34.9. The van der Waals surface area contributed by atoms with Crippen molar-refractivity contribution in [2.24, 2.45) is 11.8 Å². The molecule has 0 bridgehead atoms. The number of hydrogen-bond donors (Lipinski definition) is 1. The Morgan fingerprint density at radius 1 is 1.22 bits per heavy atom. The SMILES string of the molecule is Cc1sc2ncn(CC(=O)Nc3ccccn3)c(=O)c2c1S(=O)(=O)N1C[C@H](C)C[C@@H](C)C1. The van der Waals surface area contributed by atoms with Gasteiger partial charge in [-0.3, -0.25) is 14.2 Å². The number of fused-ring (bicyclic) bond motifs is 1. The number of sulfonamides is 1. The molecule has 1 N–H and O–H groups in total. The molecule has 1 saturated heterocycles. The van der Waals surface area contributed by atoms with E-state index in [0.717, 1.165) is 11.0 Å². The van der Waals surface area contributed by atoms with Gasteiger partial charge < -0.3 is 5.32 Å². The number of hydrogen-bond acceptors (Lipinski definition) is 7. The molecular weight excluding hydrogens is 450 g/mol. The van der Waals surface area contributed by atoms with E-state index in [1.807, 2.05) is 13.8 Å². The highest BCUT2D eigenvalue weighted by Crippen LogP contribution is 2.35. The summed E-state index contributed by atoms with van der Waals surface area (Å²) in [6, 6.07) is 5.09. The van der Waals surface area contributed by atoms with Gasteiger partial charge in [0.25, 0.3) is 5.56 Å². The molecule has 0 unspecified atom stereocenters. The number of rotatable bonds is 5. The normalized spacial score (nSPS) is 19.8. The molecular formula is C21H25N5O4S2. The van der Waals surface area contributed by atoms with E-state index in [0.29, 0.717) is 28.6 Å². The summed E-state index contributed by atoms with van der Waals surface area (Å²) in [6.07, 6.45) is 3.79. The van der Waals surface area contributed by atoms with Crippen LogP contribution >= 0.6 is 11.3 Å². The number of pyridine rings is 1. The summed E-state index contributed by atoms with van der Waals surface area (Å²) < 4.78 is 29.7. The zero-order valence-corrected chi connectivity index (χ0v) is 19.7. The lowest BCUT2D eigenvalue weighted by atomic mass is 9.94. The summed E-state index contributed by atoms with van der Waals surface area (Å²) in [7, 11) is -3.88. The summed E-state index contributed by atoms with van der Waals surface area (Å²) in [5.41, 5.74) is -0.549. The first-order chi connectivity index (χ1) is 15.2. The number of nitrogens with zero attached hydrogens (tertiary/aromatic N) is 4. The first kappa shape index (κ1) is 22.6. The maximum absolute atomic E-state index is 13.6. The van der Waals surface area contributed by atoms with Gasteiger partial charge in [0.15, 0.2) is 0 Å². The Bertz CT molecular complexity index is 1310. The van der Waals surface area contributed by atoms with Crippen LogP contribution in [0.15, 0.2) is 40.4 Å². The number of piperidine rings is 1. The van der Waals surface area contributed by atoms with Crippen LogP contribution in [-0.2, 0) is 21.4 Å². The average Bonchev–Trinajstić information content (AvgIpc) is 3.07. The molecule has 2 atom stereocenters. The van der Waals surface area contributed by atoms with Gasteiger partial charge in [0.2, 0.25) is 15.9 Å². The molecule has 170 valence electrons. The minimum absolute atomic E-state index is 0.00999. The van der Waals surface area contributed by atoms with Gasteiger partial charge >= 0.3 is 0 Å². The van der Waals surface area contributed by atoms with Crippen LogP contribution in [0.2, 0.25) is 0 Å². The van der Waals surface area contributed by atoms with Gasteiger partial charge in [-0.25, -0.2) is 18.4 Å². The van der Waals surface area contributed by atoms with E-state index in [4.69, 9.17) is 0 Å². The average molecular weight is 476 g/mol. The van der Waals surface area contributed by atoms with Crippen LogP contribution < -0.4 is 10.9 Å². The van der Waals surface area contributed by atoms with Crippen LogP contribution in [0.4, 0.5) is 5.82 Å². The van der Waals surface area contributed by atoms with Gasteiger partial charge in [-0.2, -0.15) is 4.31 Å². The van der Waals surface area contributed by atoms with Gasteiger partial charge in [-0.05, 0) is 37.3 Å². The zero-order chi connectivity index (χ0) is 23.0. The number of carbonyl (C=O) groups is 1. The van der Waals surface area contributed by atoms with Gasteiger partial charge in [-0.1, -0.05) is 19.9 Å². The van der Waals surface area contributed by atoms with Gasteiger partial charge in [0, 0.05) is 24.2 Å². The Balaban J connectivity index is 1.71. The van der Waals surface area contributed by atoms with Crippen molar-refractivity contribution in [3.63, 3.8) is 0 Å². The first-order valence-corrected chi connectivity index (χ1v) is 12.6. The van der Waals surface area contributed by atoms with E-state index in [1.165, 1.54) is 22.0 Å². The van der Waals surface area contributed by atoms with Crippen LogP contribution in [0.3, 0.4) is 0 Å². The van der Waals surface area contributed by atoms with Crippen LogP contribution in [0.25, 0.3) is 10.2 Å². The van der Waals surface area contributed by atoms with Crippen molar-refractivity contribution in [1.29, 1.82) is 0 Å². The fourth-order valence-electron chi connectivity index (χ4n) is 4.24. The van der Waals surface area contributed by atoms with E-state index < -0.39 is 21.5 Å². The third-order valence-corrected chi connectivity index (χ3v) is 8.63. The van der Waals surface area contributed by atoms with Gasteiger partial charge in [0.1, 0.15) is 22.1 Å². The minimum atomic E-state index is -3.88. The van der Waals surface area contributed by atoms with Crippen LogP contribution in [0, 0.1) is 18.8 Å². The number of nitrogens with one attached hydrogen (secondary N) is 1. The number of amides is 1. The second-order valence-corrected chi connectivity index (χ2v) is 11.5. The highest BCUT2D eigenvalue weighted by atomic mass is 32.2. The molecule has 0 saturated carbocycles. The third kappa shape index (κ3) is 4.32. The maximum atomic E-state index is 13.6. The molecule has 1 amide bonds. The molecule has 0 aliphatic carbocycles. The zero-order valence-electron chi connectivity index (χ0n) is 18.1. The lowest BCUT2D eigenvalue weighted by molar-refractivity contribution is -0.116. The summed E-state index contributed by atoms with van der Waals surface area (Å²) in [6.45, 7) is 6.30. The monoisotopic (exact) mass is 475 g/mol. The molecule has 32 heavy (non-hydrogen) atoms. The van der Waals surface area contributed by atoms with Crippen molar-refractivity contribution in [1.82, 2.24) is 18.8 Å². The van der Waals surface area contributed by atoms with Crippen LogP contribution in [0.1, 0.15) is 25.1 Å². The van der Waals surface area contributed by atoms with E-state index in [2.05, 4.69) is 15.3 Å². The largest absolute Gasteiger partial charge is 0.309 e. The predicted molar refractivity (Wildman–Crippen MR) is 123 cm³/mol. The summed E-state index contributed by atoms with van der Waals surface area (Å²) >= 11 is 1.17. The minimum Gasteiger partial charge on any atom is -0.309 e. The predicted octanol–water partition coefficient (Wildman–Crippen LogP) is 2.47. The number of carbonyl (C=O) groups excluding carboxylic acids is 1. The topological polar surface area (TPSA) is 114 Å². The Labute approximate surface area is 190 Å². The maximum Gasteiger partial charge on any atom is 0.263 e. The molecule has 0 aromatic carbocycles. The van der Waals surface area contributed by atoms with E-state index in [-0.39, 0.29) is 28.7 Å². The molecule has 11 heteroatoms. The fourth-order valence-corrected chi connectivity index (χ4v) is 7.59. The quantitative estimate of drug-likeness (QED) is 0.606. The van der Waals surface area contributed by atoms with Crippen molar-refractivity contribution in [3.8, 4) is 0 Å². The van der Waals surface area contributed by atoms with E-state index in [1.54, 1.807) is 31.3 Å². The molecule has 3 aromatic heterocycles. The Morgan fingerprint density at radius 2 is 1.94 bits per heavy atom. The second kappa shape index (κ2) is 8.72. The van der Waals surface area contributed by atoms with Gasteiger partial charge in [-0.15, -0.1) is 11.3 Å². The number of aryl methyl sites for hydroxylation is 1. The van der Waals surface area contributed by atoms with Crippen molar-refractivity contribution < 1.29 is 13.2 Å². The lowest BCUT2D eigenvalue weighted by Crippen LogP contribution is -2.42. The number of anilines is 1. The number of thiophene rings is 1. The standard InChI is InChI=1S/C21H25N5O4S2/c1-13-8-14(2)10-26(9-13)32(29,30)19-15(3)31-20-18(19)21(28)25(12-23-20)11-17(27)24-16-6-4-5-7-22-16/h4-7,12-14H,8-11H2,1-3H3,(H,22,24,27)/t13-,14-/m1/s1. The first-order valence-electron chi connectivity index (χ1n) is 10.4. The van der Waals surface area contributed by atoms with Crippen LogP contribution in [0.5, 0.6) is 0 Å². The highest BCUT2D eigenvalue weighted by Gasteiger charge is 2.35. The van der Waals surface area contributed by atoms with E-state index in [9.17, 15) is 18.0 Å². The smallest absolute Gasteiger partial charge is 0.263 e. The molecule has 0 spiro atoms. The van der Waals surface area contributed by atoms with Crippen molar-refractivity contribution in [2.45, 2.75) is 38.6 Å². The van der Waals surface area contributed by atoms with Crippen molar-refractivity contribution in [2.75, 3.05) is 18.4 Å². The van der Waals surface area contributed by atoms with Crippen molar-refractivity contribution >= 4 is 43.3 Å². The molecule has 3 aromatic rings. The van der Waals surface area contributed by atoms with Crippen LogP contribution in [-0.4, -0.2) is 46.3 Å². The molecule has 0 radical (unpaired) electrons. The lowest BCUT2D eigenvalue weighted by Gasteiger charge is -2.34. The van der Waals surface area contributed by atoms with Crippen molar-refractivity contribution in [3.05, 3.63) is 46.0 Å². The van der Waals surface area contributed by atoms with Gasteiger partial charge in [0.05, 0.1) is 11.7 Å². The fraction of sp³-hybridized carbons (Fsp3) is 0.429. The van der Waals surface area contributed by atoms with E-state index >= 15 is 0 Å². The molecule has 4 rings (SSSR count). The molecule has 4 heterocycles. The molecule has 9 nitrogen and oxygen atoms in total. The second-order valence-electron chi connectivity index (χ2n) is 8.38.